The molecule has 0 heterocycles. The monoisotopic (exact) mass is 285 g/mol. The molecule has 0 spiro atoms. The topological polar surface area (TPSA) is 105 Å². The van der Waals surface area contributed by atoms with Gasteiger partial charge >= 0.3 is 0 Å². The molecule has 0 fully saturated rings. The van der Waals surface area contributed by atoms with Crippen molar-refractivity contribution in [3.63, 3.8) is 0 Å². The molecule has 1 atom stereocenters. The Morgan fingerprint density at radius 3 is 2.05 bits per heavy atom. The zero-order valence-corrected chi connectivity index (χ0v) is 11.7. The zero-order valence-electron chi connectivity index (χ0n) is 10.9. The summed E-state index contributed by atoms with van der Waals surface area (Å²) in [4.78, 5) is 0.734. The lowest BCUT2D eigenvalue weighted by Crippen LogP contribution is -2.59. The standard InChI is InChI=1S/C11H16BNO5S/c1-17-7-5-9(19-3)8(18-2)4-6(7)10(12,14)11(13,15)16/h4-5,14-16H,13H2,1-3H3. The first kappa shape index (κ1) is 16.1. The van der Waals surface area contributed by atoms with Crippen molar-refractivity contribution in [2.75, 3.05) is 20.5 Å². The number of rotatable bonds is 5. The molecule has 1 rings (SSSR count). The maximum absolute atomic E-state index is 10.0. The second-order valence-electron chi connectivity index (χ2n) is 3.90. The van der Waals surface area contributed by atoms with Crippen LogP contribution in [0.5, 0.6) is 11.5 Å². The van der Waals surface area contributed by atoms with Crippen molar-refractivity contribution in [3.05, 3.63) is 17.7 Å². The Morgan fingerprint density at radius 2 is 1.68 bits per heavy atom. The van der Waals surface area contributed by atoms with Crippen LogP contribution in [0.3, 0.4) is 0 Å². The van der Waals surface area contributed by atoms with Gasteiger partial charge in [-0.2, -0.15) is 0 Å². The molecule has 104 valence electrons. The van der Waals surface area contributed by atoms with Crippen molar-refractivity contribution in [2.45, 2.75) is 16.3 Å². The number of thioether (sulfide) groups is 1. The SMILES string of the molecule is [B]C(O)(c1cc(OC)c(SC)cc1OC)C(N)(O)O. The molecule has 0 amide bonds. The summed E-state index contributed by atoms with van der Waals surface area (Å²) in [5.74, 6) is -2.48. The van der Waals surface area contributed by atoms with E-state index in [4.69, 9.17) is 23.1 Å². The molecular formula is C11H16BNO5S. The number of benzene rings is 1. The van der Waals surface area contributed by atoms with Crippen LogP contribution in [0.2, 0.25) is 0 Å². The van der Waals surface area contributed by atoms with E-state index < -0.39 is 11.4 Å². The van der Waals surface area contributed by atoms with Gasteiger partial charge in [-0.1, -0.05) is 0 Å². The lowest BCUT2D eigenvalue weighted by atomic mass is 9.72. The maximum atomic E-state index is 10.0. The molecule has 1 aromatic carbocycles. The Bertz CT molecular complexity index is 461. The van der Waals surface area contributed by atoms with Crippen LogP contribution in [0.15, 0.2) is 17.0 Å². The molecule has 0 bridgehead atoms. The first-order valence-electron chi connectivity index (χ1n) is 5.24. The quantitative estimate of drug-likeness (QED) is 0.323. The first-order chi connectivity index (χ1) is 8.68. The fourth-order valence-corrected chi connectivity index (χ4v) is 2.09. The summed E-state index contributed by atoms with van der Waals surface area (Å²) in [6.45, 7) is 0. The van der Waals surface area contributed by atoms with Gasteiger partial charge in [0, 0.05) is 5.56 Å². The predicted octanol–water partition coefficient (Wildman–Crippen LogP) is -0.664. The molecular weight excluding hydrogens is 269 g/mol. The van der Waals surface area contributed by atoms with E-state index in [0.717, 1.165) is 4.90 Å². The van der Waals surface area contributed by atoms with Gasteiger partial charge in [0.2, 0.25) is 5.91 Å². The van der Waals surface area contributed by atoms with Crippen LogP contribution in [0, 0.1) is 0 Å². The van der Waals surface area contributed by atoms with E-state index in [1.807, 2.05) is 6.26 Å². The Labute approximate surface area is 116 Å². The second-order valence-corrected chi connectivity index (χ2v) is 4.75. The third-order valence-electron chi connectivity index (χ3n) is 2.68. The molecule has 19 heavy (non-hydrogen) atoms. The molecule has 1 unspecified atom stereocenters. The molecule has 0 aliphatic heterocycles. The predicted molar refractivity (Wildman–Crippen MR) is 72.3 cm³/mol. The molecule has 2 radical (unpaired) electrons. The molecule has 0 saturated heterocycles. The smallest absolute Gasteiger partial charge is 0.245 e. The highest BCUT2D eigenvalue weighted by Crippen LogP contribution is 2.40. The molecule has 8 heteroatoms. The average molecular weight is 285 g/mol. The third kappa shape index (κ3) is 2.98. The van der Waals surface area contributed by atoms with Crippen molar-refractivity contribution in [2.24, 2.45) is 5.73 Å². The minimum atomic E-state index is -3.04. The summed E-state index contributed by atoms with van der Waals surface area (Å²) in [5, 5.41) is 28.8. The summed E-state index contributed by atoms with van der Waals surface area (Å²) in [6.07, 6.45) is 1.83. The van der Waals surface area contributed by atoms with E-state index in [1.54, 1.807) is 6.07 Å². The van der Waals surface area contributed by atoms with E-state index in [9.17, 15) is 15.3 Å². The number of aliphatic hydroxyl groups is 3. The lowest BCUT2D eigenvalue weighted by molar-refractivity contribution is -0.244. The van der Waals surface area contributed by atoms with E-state index >= 15 is 0 Å². The molecule has 6 nitrogen and oxygen atoms in total. The summed E-state index contributed by atoms with van der Waals surface area (Å²) in [5.41, 5.74) is 2.34. The number of ether oxygens (including phenoxy) is 2. The van der Waals surface area contributed by atoms with Crippen molar-refractivity contribution in [3.8, 4) is 11.5 Å². The normalized spacial score (nSPS) is 14.9. The lowest BCUT2D eigenvalue weighted by Gasteiger charge is -2.35. The molecule has 1 aromatic rings. The highest BCUT2D eigenvalue weighted by Gasteiger charge is 2.44. The Morgan fingerprint density at radius 1 is 1.16 bits per heavy atom. The van der Waals surface area contributed by atoms with Crippen LogP contribution in [0.1, 0.15) is 5.56 Å². The summed E-state index contributed by atoms with van der Waals surface area (Å²) in [7, 11) is 8.29. The van der Waals surface area contributed by atoms with E-state index in [0.29, 0.717) is 5.75 Å². The molecule has 5 N–H and O–H groups in total. The number of nitrogens with two attached hydrogens (primary N) is 1. The van der Waals surface area contributed by atoms with E-state index in [1.165, 1.54) is 32.0 Å². The van der Waals surface area contributed by atoms with Gasteiger partial charge in [0.15, 0.2) is 0 Å². The molecule has 0 aliphatic carbocycles. The highest BCUT2D eigenvalue weighted by atomic mass is 32.2. The van der Waals surface area contributed by atoms with Gasteiger partial charge in [0.1, 0.15) is 24.8 Å². The van der Waals surface area contributed by atoms with Gasteiger partial charge in [-0.15, -0.1) is 11.8 Å². The summed E-state index contributed by atoms with van der Waals surface area (Å²) >= 11 is 1.39. The number of hydrogen-bond donors (Lipinski definition) is 4. The highest BCUT2D eigenvalue weighted by molar-refractivity contribution is 7.98. The van der Waals surface area contributed by atoms with Gasteiger partial charge in [-0.05, 0) is 18.4 Å². The van der Waals surface area contributed by atoms with Crippen LogP contribution in [0.4, 0.5) is 0 Å². The van der Waals surface area contributed by atoms with Gasteiger partial charge in [0.25, 0.3) is 0 Å². The number of hydrogen-bond acceptors (Lipinski definition) is 7. The van der Waals surface area contributed by atoms with Crippen LogP contribution in [-0.4, -0.2) is 49.6 Å². The van der Waals surface area contributed by atoms with Gasteiger partial charge < -0.3 is 24.8 Å². The largest absolute Gasteiger partial charge is 0.496 e. The zero-order chi connectivity index (χ0) is 14.8. The van der Waals surface area contributed by atoms with Crippen molar-refractivity contribution in [1.82, 2.24) is 0 Å². The van der Waals surface area contributed by atoms with Gasteiger partial charge in [0.05, 0.1) is 19.1 Å². The van der Waals surface area contributed by atoms with Crippen LogP contribution in [-0.2, 0) is 5.50 Å². The van der Waals surface area contributed by atoms with Crippen LogP contribution < -0.4 is 15.2 Å². The number of methoxy groups -OCH3 is 2. The van der Waals surface area contributed by atoms with Crippen LogP contribution in [0.25, 0.3) is 0 Å². The minimum Gasteiger partial charge on any atom is -0.496 e. The van der Waals surface area contributed by atoms with Crippen molar-refractivity contribution < 1.29 is 24.8 Å². The summed E-state index contributed by atoms with van der Waals surface area (Å²) < 4.78 is 10.2. The van der Waals surface area contributed by atoms with Crippen LogP contribution >= 0.6 is 11.8 Å². The summed E-state index contributed by atoms with van der Waals surface area (Å²) in [6, 6.07) is 2.90. The van der Waals surface area contributed by atoms with Gasteiger partial charge in [-0.25, -0.2) is 0 Å². The fourth-order valence-electron chi connectivity index (χ4n) is 1.53. The fraction of sp³-hybridized carbons (Fsp3) is 0.455. The Kier molecular flexibility index (Phi) is 4.75. The van der Waals surface area contributed by atoms with E-state index in [2.05, 4.69) is 0 Å². The Balaban J connectivity index is 3.50. The second kappa shape index (κ2) is 5.60. The maximum Gasteiger partial charge on any atom is 0.245 e. The van der Waals surface area contributed by atoms with Gasteiger partial charge in [-0.3, -0.25) is 5.73 Å². The molecule has 0 aromatic heterocycles. The first-order valence-corrected chi connectivity index (χ1v) is 6.46. The molecule has 0 aliphatic rings. The Hall–Kier alpha value is -0.925. The van der Waals surface area contributed by atoms with Crippen molar-refractivity contribution >= 4 is 19.6 Å². The third-order valence-corrected chi connectivity index (χ3v) is 3.44. The van der Waals surface area contributed by atoms with E-state index in [-0.39, 0.29) is 11.3 Å². The average Bonchev–Trinajstić information content (AvgIpc) is 2.35. The minimum absolute atomic E-state index is 0.0999. The van der Waals surface area contributed by atoms with Crippen molar-refractivity contribution in [1.29, 1.82) is 0 Å². The molecule has 0 saturated carbocycles.